The van der Waals surface area contributed by atoms with Crippen molar-refractivity contribution in [2.24, 2.45) is 0 Å². The number of ether oxygens (including phenoxy) is 1. The van der Waals surface area contributed by atoms with Crippen LogP contribution in [0.1, 0.15) is 24.5 Å². The molecule has 2 N–H and O–H groups in total. The largest absolute Gasteiger partial charge is 0.373 e. The number of aromatic nitrogens is 1. The number of hydrogen-bond donors (Lipinski definition) is 2. The normalized spacial score (nSPS) is 20.7. The van der Waals surface area contributed by atoms with Gasteiger partial charge in [-0.3, -0.25) is 5.32 Å². The summed E-state index contributed by atoms with van der Waals surface area (Å²) in [6.45, 7) is 0.629. The van der Waals surface area contributed by atoms with Gasteiger partial charge < -0.3 is 10.1 Å². The number of benzene rings is 1. The lowest BCUT2D eigenvalue weighted by atomic mass is 9.97. The van der Waals surface area contributed by atoms with Crippen molar-refractivity contribution in [3.05, 3.63) is 59.2 Å². The highest BCUT2D eigenvalue weighted by molar-refractivity contribution is 6.30. The SMILES string of the molecule is O=C(Nc1ccc(Cl)cn1)NC1CCOC(c2ccccc2)C1. The predicted octanol–water partition coefficient (Wildman–Crippen LogP) is 3.78. The maximum atomic E-state index is 12.1. The third-order valence-electron chi connectivity index (χ3n) is 3.76. The first-order valence-corrected chi connectivity index (χ1v) is 7.94. The first kappa shape index (κ1) is 15.8. The maximum Gasteiger partial charge on any atom is 0.320 e. The van der Waals surface area contributed by atoms with Gasteiger partial charge in [0, 0.05) is 18.8 Å². The summed E-state index contributed by atoms with van der Waals surface area (Å²) in [7, 11) is 0. The minimum atomic E-state index is -0.265. The van der Waals surface area contributed by atoms with Crippen LogP contribution < -0.4 is 10.6 Å². The zero-order valence-corrected chi connectivity index (χ0v) is 13.3. The standard InChI is InChI=1S/C17H18ClN3O2/c18-13-6-7-16(19-11-13)21-17(22)20-14-8-9-23-15(10-14)12-4-2-1-3-5-12/h1-7,11,14-15H,8-10H2,(H2,19,20,21,22). The van der Waals surface area contributed by atoms with Crippen molar-refractivity contribution in [2.75, 3.05) is 11.9 Å². The van der Waals surface area contributed by atoms with Crippen molar-refractivity contribution in [1.29, 1.82) is 0 Å². The molecule has 1 fully saturated rings. The van der Waals surface area contributed by atoms with Crippen LogP contribution in [0.25, 0.3) is 0 Å². The van der Waals surface area contributed by atoms with Gasteiger partial charge in [0.2, 0.25) is 0 Å². The van der Waals surface area contributed by atoms with Crippen LogP contribution in [-0.2, 0) is 4.74 Å². The third-order valence-corrected chi connectivity index (χ3v) is 3.98. The van der Waals surface area contributed by atoms with E-state index >= 15 is 0 Å². The highest BCUT2D eigenvalue weighted by Gasteiger charge is 2.25. The second-order valence-corrected chi connectivity index (χ2v) is 5.89. The van der Waals surface area contributed by atoms with Crippen LogP contribution in [0.5, 0.6) is 0 Å². The molecule has 3 rings (SSSR count). The Morgan fingerprint density at radius 3 is 2.78 bits per heavy atom. The van der Waals surface area contributed by atoms with E-state index in [-0.39, 0.29) is 18.2 Å². The minimum Gasteiger partial charge on any atom is -0.373 e. The second-order valence-electron chi connectivity index (χ2n) is 5.45. The van der Waals surface area contributed by atoms with Crippen LogP contribution >= 0.6 is 11.6 Å². The van der Waals surface area contributed by atoms with Crippen LogP contribution in [0, 0.1) is 0 Å². The number of nitrogens with one attached hydrogen (secondary N) is 2. The molecule has 2 atom stereocenters. The number of carbonyl (C=O) groups is 1. The highest BCUT2D eigenvalue weighted by Crippen LogP contribution is 2.27. The van der Waals surface area contributed by atoms with E-state index in [2.05, 4.69) is 15.6 Å². The highest BCUT2D eigenvalue weighted by atomic mass is 35.5. The zero-order chi connectivity index (χ0) is 16.1. The molecule has 23 heavy (non-hydrogen) atoms. The van der Waals surface area contributed by atoms with Gasteiger partial charge in [-0.05, 0) is 30.5 Å². The number of pyridine rings is 1. The molecule has 0 aliphatic carbocycles. The average Bonchev–Trinajstić information content (AvgIpc) is 2.58. The summed E-state index contributed by atoms with van der Waals surface area (Å²) in [5, 5.41) is 6.22. The molecule has 0 spiro atoms. The van der Waals surface area contributed by atoms with Crippen LogP contribution in [0.3, 0.4) is 0 Å². The minimum absolute atomic E-state index is 0.0175. The van der Waals surface area contributed by atoms with E-state index in [1.807, 2.05) is 30.3 Å². The van der Waals surface area contributed by atoms with Crippen LogP contribution in [0.4, 0.5) is 10.6 Å². The molecule has 2 heterocycles. The van der Waals surface area contributed by atoms with Gasteiger partial charge in [0.05, 0.1) is 11.1 Å². The molecule has 0 radical (unpaired) electrons. The van der Waals surface area contributed by atoms with Gasteiger partial charge in [-0.2, -0.15) is 0 Å². The lowest BCUT2D eigenvalue weighted by Crippen LogP contribution is -2.42. The van der Waals surface area contributed by atoms with Crippen molar-refractivity contribution in [2.45, 2.75) is 25.0 Å². The molecule has 2 amide bonds. The van der Waals surface area contributed by atoms with Crippen LogP contribution in [0.15, 0.2) is 48.7 Å². The molecule has 5 nitrogen and oxygen atoms in total. The molecule has 0 bridgehead atoms. The zero-order valence-electron chi connectivity index (χ0n) is 12.5. The Morgan fingerprint density at radius 1 is 1.22 bits per heavy atom. The van der Waals surface area contributed by atoms with Crippen LogP contribution in [-0.4, -0.2) is 23.7 Å². The fourth-order valence-corrected chi connectivity index (χ4v) is 2.73. The van der Waals surface area contributed by atoms with E-state index in [0.717, 1.165) is 18.4 Å². The van der Waals surface area contributed by atoms with E-state index in [1.165, 1.54) is 6.20 Å². The summed E-state index contributed by atoms with van der Waals surface area (Å²) < 4.78 is 5.81. The fraction of sp³-hybridized carbons (Fsp3) is 0.294. The Labute approximate surface area is 140 Å². The van der Waals surface area contributed by atoms with Crippen molar-refractivity contribution < 1.29 is 9.53 Å². The maximum absolute atomic E-state index is 12.1. The van der Waals surface area contributed by atoms with Gasteiger partial charge in [-0.1, -0.05) is 41.9 Å². The summed E-state index contributed by atoms with van der Waals surface area (Å²) in [6, 6.07) is 13.2. The van der Waals surface area contributed by atoms with Gasteiger partial charge >= 0.3 is 6.03 Å². The van der Waals surface area contributed by atoms with E-state index in [9.17, 15) is 4.79 Å². The van der Waals surface area contributed by atoms with Crippen molar-refractivity contribution in [1.82, 2.24) is 10.3 Å². The molecule has 1 aliphatic heterocycles. The Hall–Kier alpha value is -2.11. The van der Waals surface area contributed by atoms with Crippen molar-refractivity contribution in [3.63, 3.8) is 0 Å². The predicted molar refractivity (Wildman–Crippen MR) is 89.6 cm³/mol. The lowest BCUT2D eigenvalue weighted by molar-refractivity contribution is 0.00253. The average molecular weight is 332 g/mol. The number of urea groups is 1. The molecular weight excluding hydrogens is 314 g/mol. The van der Waals surface area contributed by atoms with Gasteiger partial charge in [-0.25, -0.2) is 9.78 Å². The lowest BCUT2D eigenvalue weighted by Gasteiger charge is -2.30. The number of amides is 2. The fourth-order valence-electron chi connectivity index (χ4n) is 2.62. The Balaban J connectivity index is 1.55. The molecule has 1 aliphatic rings. The molecule has 1 aromatic heterocycles. The second kappa shape index (κ2) is 7.44. The Morgan fingerprint density at radius 2 is 2.04 bits per heavy atom. The van der Waals surface area contributed by atoms with Gasteiger partial charge in [0.25, 0.3) is 0 Å². The quantitative estimate of drug-likeness (QED) is 0.899. The summed E-state index contributed by atoms with van der Waals surface area (Å²) in [5.74, 6) is 0.471. The number of carbonyl (C=O) groups excluding carboxylic acids is 1. The van der Waals surface area contributed by atoms with Gasteiger partial charge in [-0.15, -0.1) is 0 Å². The van der Waals surface area contributed by atoms with Crippen molar-refractivity contribution >= 4 is 23.4 Å². The molecule has 120 valence electrons. The van der Waals surface area contributed by atoms with Crippen LogP contribution in [0.2, 0.25) is 5.02 Å². The first-order valence-electron chi connectivity index (χ1n) is 7.56. The number of nitrogens with zero attached hydrogens (tertiary/aromatic N) is 1. The monoisotopic (exact) mass is 331 g/mol. The van der Waals surface area contributed by atoms with Gasteiger partial charge in [0.15, 0.2) is 0 Å². The topological polar surface area (TPSA) is 63.2 Å². The number of anilines is 1. The summed E-state index contributed by atoms with van der Waals surface area (Å²) in [6.07, 6.45) is 3.07. The number of rotatable bonds is 3. The van der Waals surface area contributed by atoms with E-state index in [0.29, 0.717) is 17.4 Å². The summed E-state index contributed by atoms with van der Waals surface area (Å²) >= 11 is 5.77. The van der Waals surface area contributed by atoms with E-state index in [1.54, 1.807) is 12.1 Å². The Kier molecular flexibility index (Phi) is 5.10. The first-order chi connectivity index (χ1) is 11.2. The molecule has 1 saturated heterocycles. The molecule has 0 saturated carbocycles. The third kappa shape index (κ3) is 4.43. The molecule has 1 aromatic carbocycles. The number of hydrogen-bond acceptors (Lipinski definition) is 3. The number of halogens is 1. The molecule has 2 aromatic rings. The van der Waals surface area contributed by atoms with Crippen molar-refractivity contribution in [3.8, 4) is 0 Å². The molecule has 6 heteroatoms. The molecule has 2 unspecified atom stereocenters. The van der Waals surface area contributed by atoms with E-state index < -0.39 is 0 Å². The molecular formula is C17H18ClN3O2. The van der Waals surface area contributed by atoms with E-state index in [4.69, 9.17) is 16.3 Å². The smallest absolute Gasteiger partial charge is 0.320 e. The summed E-state index contributed by atoms with van der Waals surface area (Å²) in [4.78, 5) is 16.1. The Bertz CT molecular complexity index is 649. The van der Waals surface area contributed by atoms with Gasteiger partial charge in [0.1, 0.15) is 5.82 Å². The summed E-state index contributed by atoms with van der Waals surface area (Å²) in [5.41, 5.74) is 1.14.